The van der Waals surface area contributed by atoms with Gasteiger partial charge in [-0.1, -0.05) is 60.7 Å². The van der Waals surface area contributed by atoms with Crippen LogP contribution in [0.25, 0.3) is 0 Å². The van der Waals surface area contributed by atoms with Gasteiger partial charge in [-0.25, -0.2) is 4.79 Å². The number of nitrogens with one attached hydrogen (secondary N) is 2. The van der Waals surface area contributed by atoms with Crippen LogP contribution in [0.3, 0.4) is 0 Å². The zero-order chi connectivity index (χ0) is 18.4. The Bertz CT molecular complexity index is 733. The molecule has 0 saturated carbocycles. The number of hydrogen-bond acceptors (Lipinski definition) is 3. The lowest BCUT2D eigenvalue weighted by atomic mass is 9.91. The summed E-state index contributed by atoms with van der Waals surface area (Å²) in [6, 6.07) is 19.3. The summed E-state index contributed by atoms with van der Waals surface area (Å²) in [7, 11) is 0. The highest BCUT2D eigenvalue weighted by Crippen LogP contribution is 2.19. The molecule has 3 atom stereocenters. The van der Waals surface area contributed by atoms with Crippen LogP contribution in [-0.4, -0.2) is 30.2 Å². The van der Waals surface area contributed by atoms with Crippen molar-refractivity contribution in [2.24, 2.45) is 0 Å². The highest BCUT2D eigenvalue weighted by atomic mass is 16.5. The summed E-state index contributed by atoms with van der Waals surface area (Å²) in [6.07, 6.45) is 1.73. The number of carbonyl (C=O) groups is 2. The van der Waals surface area contributed by atoms with Crippen molar-refractivity contribution in [2.45, 2.75) is 44.4 Å². The van der Waals surface area contributed by atoms with E-state index < -0.39 is 6.10 Å². The zero-order valence-corrected chi connectivity index (χ0v) is 14.9. The molecule has 1 heterocycles. The van der Waals surface area contributed by atoms with E-state index in [2.05, 4.69) is 22.8 Å². The molecule has 5 heteroatoms. The van der Waals surface area contributed by atoms with Gasteiger partial charge in [-0.3, -0.25) is 4.79 Å². The second kappa shape index (κ2) is 8.52. The molecule has 2 amide bonds. The third-order valence-electron chi connectivity index (χ3n) is 4.61. The average Bonchev–Trinajstić information content (AvgIpc) is 2.64. The van der Waals surface area contributed by atoms with Gasteiger partial charge in [0.1, 0.15) is 6.10 Å². The minimum absolute atomic E-state index is 0.215. The molecule has 0 spiro atoms. The fraction of sp³-hybridized carbons (Fsp3) is 0.333. The molecule has 2 aromatic carbocycles. The first-order valence-corrected chi connectivity index (χ1v) is 8.94. The summed E-state index contributed by atoms with van der Waals surface area (Å²) in [5.41, 5.74) is 2.29. The number of esters is 1. The quantitative estimate of drug-likeness (QED) is 0.786. The fourth-order valence-corrected chi connectivity index (χ4v) is 3.42. The number of hydrogen-bond donors (Lipinski definition) is 2. The third kappa shape index (κ3) is 4.85. The van der Waals surface area contributed by atoms with E-state index >= 15 is 0 Å². The SMILES string of the molecule is CC(=O)O[C@@H]1[C@@H](CCc2ccccc2)NC(=O)N[C@@H]1Cc1ccccc1. The van der Waals surface area contributed by atoms with E-state index in [0.717, 1.165) is 12.0 Å². The lowest BCUT2D eigenvalue weighted by Crippen LogP contribution is -2.65. The molecule has 5 nitrogen and oxygen atoms in total. The molecule has 3 rings (SSSR count). The first-order valence-electron chi connectivity index (χ1n) is 8.94. The number of amides is 2. The molecule has 1 saturated heterocycles. The molecule has 136 valence electrons. The zero-order valence-electron chi connectivity index (χ0n) is 14.9. The molecule has 2 aromatic rings. The fourth-order valence-electron chi connectivity index (χ4n) is 3.42. The van der Waals surface area contributed by atoms with E-state index in [1.165, 1.54) is 12.5 Å². The maximum Gasteiger partial charge on any atom is 0.315 e. The standard InChI is InChI=1S/C21H24N2O3/c1-15(24)26-20-18(13-12-16-8-4-2-5-9-16)22-21(25)23-19(20)14-17-10-6-3-7-11-17/h2-11,18-20H,12-14H2,1H3,(H2,22,23,25)/t18-,19-,20-/m1/s1. The molecule has 26 heavy (non-hydrogen) atoms. The van der Waals surface area contributed by atoms with Crippen LogP contribution in [0.1, 0.15) is 24.5 Å². The smallest absolute Gasteiger partial charge is 0.315 e. The molecule has 0 bridgehead atoms. The highest BCUT2D eigenvalue weighted by Gasteiger charge is 2.38. The Balaban J connectivity index is 1.74. The maximum atomic E-state index is 12.2. The Kier molecular flexibility index (Phi) is 5.89. The highest BCUT2D eigenvalue weighted by molar-refractivity contribution is 5.76. The number of ether oxygens (including phenoxy) is 1. The minimum atomic E-state index is -0.408. The van der Waals surface area contributed by atoms with Gasteiger partial charge in [-0.05, 0) is 30.4 Å². The van der Waals surface area contributed by atoms with Gasteiger partial charge in [-0.2, -0.15) is 0 Å². The number of urea groups is 1. The van der Waals surface area contributed by atoms with E-state index in [4.69, 9.17) is 4.74 Å². The lowest BCUT2D eigenvalue weighted by Gasteiger charge is -2.38. The van der Waals surface area contributed by atoms with Crippen LogP contribution in [0.15, 0.2) is 60.7 Å². The van der Waals surface area contributed by atoms with Crippen LogP contribution in [-0.2, 0) is 22.4 Å². The van der Waals surface area contributed by atoms with Crippen LogP contribution in [0.5, 0.6) is 0 Å². The molecule has 0 aromatic heterocycles. The Hall–Kier alpha value is -2.82. The molecule has 1 fully saturated rings. The van der Waals surface area contributed by atoms with Gasteiger partial charge in [0, 0.05) is 6.92 Å². The molecule has 2 N–H and O–H groups in total. The normalized spacial score (nSPS) is 22.2. The van der Waals surface area contributed by atoms with Crippen molar-refractivity contribution < 1.29 is 14.3 Å². The van der Waals surface area contributed by atoms with Crippen molar-refractivity contribution in [3.8, 4) is 0 Å². The third-order valence-corrected chi connectivity index (χ3v) is 4.61. The van der Waals surface area contributed by atoms with Crippen molar-refractivity contribution >= 4 is 12.0 Å². The van der Waals surface area contributed by atoms with Gasteiger partial charge < -0.3 is 15.4 Å². The summed E-state index contributed by atoms with van der Waals surface area (Å²) in [5, 5.41) is 5.85. The first-order chi connectivity index (χ1) is 12.6. The first kappa shape index (κ1) is 18.0. The Labute approximate surface area is 153 Å². The van der Waals surface area contributed by atoms with Crippen LogP contribution >= 0.6 is 0 Å². The monoisotopic (exact) mass is 352 g/mol. The minimum Gasteiger partial charge on any atom is -0.458 e. The topological polar surface area (TPSA) is 67.4 Å². The summed E-state index contributed by atoms with van der Waals surface area (Å²) in [4.78, 5) is 23.8. The van der Waals surface area contributed by atoms with Crippen LogP contribution in [0.2, 0.25) is 0 Å². The largest absolute Gasteiger partial charge is 0.458 e. The van der Waals surface area contributed by atoms with Crippen molar-refractivity contribution in [1.29, 1.82) is 0 Å². The van der Waals surface area contributed by atoms with Crippen molar-refractivity contribution in [2.75, 3.05) is 0 Å². The van der Waals surface area contributed by atoms with Gasteiger partial charge in [0.25, 0.3) is 0 Å². The van der Waals surface area contributed by atoms with Gasteiger partial charge >= 0.3 is 12.0 Å². The predicted molar refractivity (Wildman–Crippen MR) is 99.7 cm³/mol. The molecule has 0 radical (unpaired) electrons. The molecular weight excluding hydrogens is 328 g/mol. The second-order valence-electron chi connectivity index (χ2n) is 6.62. The summed E-state index contributed by atoms with van der Waals surface area (Å²) in [5.74, 6) is -0.337. The van der Waals surface area contributed by atoms with Crippen LogP contribution < -0.4 is 10.6 Å². The number of benzene rings is 2. The van der Waals surface area contributed by atoms with Crippen LogP contribution in [0, 0.1) is 0 Å². The van der Waals surface area contributed by atoms with Gasteiger partial charge in [0.2, 0.25) is 0 Å². The number of carbonyl (C=O) groups excluding carboxylic acids is 2. The van der Waals surface area contributed by atoms with E-state index in [1.54, 1.807) is 0 Å². The maximum absolute atomic E-state index is 12.2. The molecule has 1 aliphatic heterocycles. The number of rotatable bonds is 6. The Morgan fingerprint density at radius 2 is 1.50 bits per heavy atom. The van der Waals surface area contributed by atoms with E-state index in [0.29, 0.717) is 12.8 Å². The van der Waals surface area contributed by atoms with Crippen molar-refractivity contribution in [3.05, 3.63) is 71.8 Å². The average molecular weight is 352 g/mol. The van der Waals surface area contributed by atoms with E-state index in [-0.39, 0.29) is 24.1 Å². The molecule has 0 unspecified atom stereocenters. The summed E-state index contributed by atoms with van der Waals surface area (Å²) < 4.78 is 5.61. The van der Waals surface area contributed by atoms with Crippen molar-refractivity contribution in [3.63, 3.8) is 0 Å². The van der Waals surface area contributed by atoms with Crippen molar-refractivity contribution in [1.82, 2.24) is 10.6 Å². The van der Waals surface area contributed by atoms with Gasteiger partial charge in [0.15, 0.2) is 0 Å². The summed E-state index contributed by atoms with van der Waals surface area (Å²) >= 11 is 0. The molecular formula is C21H24N2O3. The summed E-state index contributed by atoms with van der Waals surface area (Å²) in [6.45, 7) is 1.41. The van der Waals surface area contributed by atoms with Gasteiger partial charge in [-0.15, -0.1) is 0 Å². The lowest BCUT2D eigenvalue weighted by molar-refractivity contribution is -0.150. The van der Waals surface area contributed by atoms with E-state index in [9.17, 15) is 9.59 Å². The van der Waals surface area contributed by atoms with Crippen LogP contribution in [0.4, 0.5) is 4.79 Å². The van der Waals surface area contributed by atoms with Gasteiger partial charge in [0.05, 0.1) is 12.1 Å². The molecule has 1 aliphatic rings. The Morgan fingerprint density at radius 1 is 0.923 bits per heavy atom. The van der Waals surface area contributed by atoms with E-state index in [1.807, 2.05) is 48.5 Å². The Morgan fingerprint density at radius 3 is 2.12 bits per heavy atom. The second-order valence-corrected chi connectivity index (χ2v) is 6.62. The number of aryl methyl sites for hydroxylation is 1. The predicted octanol–water partition coefficient (Wildman–Crippen LogP) is 2.84. The molecule has 0 aliphatic carbocycles.